The van der Waals surface area contributed by atoms with E-state index in [9.17, 15) is 70.2 Å². The summed E-state index contributed by atoms with van der Waals surface area (Å²) in [6.07, 6.45) is 5.64. The number of hydrogen-bond donors (Lipinski definition) is 13. The average Bonchev–Trinajstić information content (AvgIpc) is 1.26. The third-order valence-electron chi connectivity index (χ3n) is 16.3. The number of benzene rings is 1. The van der Waals surface area contributed by atoms with Gasteiger partial charge >= 0.3 is 5.97 Å². The van der Waals surface area contributed by atoms with Crippen LogP contribution in [0.1, 0.15) is 121 Å². The molecule has 22 nitrogen and oxygen atoms in total. The monoisotopic (exact) mass is 1220 g/mol. The van der Waals surface area contributed by atoms with Crippen molar-refractivity contribution in [2.75, 3.05) is 38.5 Å². The average molecular weight is 1220 g/mol. The largest absolute Gasteiger partial charge is 0.461 e. The van der Waals surface area contributed by atoms with Crippen molar-refractivity contribution in [1.29, 1.82) is 0 Å². The standard InChI is InChI=1S/C65H98N4O18/c1-41-19-15-13-11-9-7-5-6-8-10-12-14-16-20-53(85-64-61(81)59(66)60(80)43(3)84-64)38-56-58(63(82)68-27-30-69-28-17-18-29-69)55(78)40-65(83,87-56)39-52(76)35-50(74)33-48(72)31-47(71)32-49(73)34-51(75)37-57(79)86-62(41)42(2)21-26-46(70)36-54(77)44-22-24-45(67-4)25-23-44/h5-16,19-20,22-25,41-43,46-48,50-53,55-56,58-62,64,67,70-72,74-76,78,80-81,83H,17-18,21,26-40,66H2,1-4H3,(H,68,82)/t41?,42?,43-,46?,47?,48?,50?,51?,52?,53?,55?,56?,58?,59+,60-,61+,62?,64+,65?/m1/s1. The Morgan fingerprint density at radius 1 is 0.736 bits per heavy atom. The minimum atomic E-state index is -2.27. The molecule has 2 bridgehead atoms. The molecule has 4 aliphatic heterocycles. The zero-order valence-corrected chi connectivity index (χ0v) is 50.8. The third-order valence-corrected chi connectivity index (χ3v) is 16.3. The fourth-order valence-electron chi connectivity index (χ4n) is 11.5. The van der Waals surface area contributed by atoms with E-state index in [0.717, 1.165) is 31.6 Å². The Morgan fingerprint density at radius 2 is 1.31 bits per heavy atom. The maximum Gasteiger partial charge on any atom is 0.308 e. The highest BCUT2D eigenvalue weighted by Crippen LogP contribution is 2.38. The van der Waals surface area contributed by atoms with Crippen LogP contribution in [0.25, 0.3) is 0 Å². The Balaban J connectivity index is 1.35. The van der Waals surface area contributed by atoms with Crippen LogP contribution in [0.5, 0.6) is 0 Å². The summed E-state index contributed by atoms with van der Waals surface area (Å²) in [7, 11) is 1.77. The van der Waals surface area contributed by atoms with Crippen LogP contribution >= 0.6 is 0 Å². The normalized spacial score (nSPS) is 34.5. The second-order valence-electron chi connectivity index (χ2n) is 23.9. The van der Waals surface area contributed by atoms with Crippen molar-refractivity contribution < 1.29 is 89.2 Å². The molecule has 1 aromatic carbocycles. The summed E-state index contributed by atoms with van der Waals surface area (Å²) in [5, 5.41) is 117. The fourth-order valence-corrected chi connectivity index (χ4v) is 11.5. The van der Waals surface area contributed by atoms with E-state index in [1.54, 1.807) is 111 Å². The molecule has 3 saturated heterocycles. The second-order valence-corrected chi connectivity index (χ2v) is 23.9. The zero-order chi connectivity index (χ0) is 63.6. The fraction of sp³-hybridized carbons (Fsp3) is 0.631. The summed E-state index contributed by atoms with van der Waals surface area (Å²) >= 11 is 0. The number of allylic oxidation sites excluding steroid dienone is 12. The lowest BCUT2D eigenvalue weighted by atomic mass is 9.82. The number of nitrogens with two attached hydrogens (primary N) is 1. The first-order valence-electron chi connectivity index (χ1n) is 30.7. The van der Waals surface area contributed by atoms with Crippen molar-refractivity contribution in [3.63, 3.8) is 0 Å². The number of ether oxygens (including phenoxy) is 4. The number of amides is 1. The number of likely N-dealkylation sites (tertiary alicyclic amines) is 1. The van der Waals surface area contributed by atoms with Crippen LogP contribution in [0, 0.1) is 17.8 Å². The van der Waals surface area contributed by atoms with Gasteiger partial charge < -0.3 is 91.3 Å². The van der Waals surface area contributed by atoms with Gasteiger partial charge in [-0.3, -0.25) is 19.2 Å². The number of nitrogens with zero attached hydrogens (tertiary/aromatic N) is 1. The molecule has 1 amide bonds. The Labute approximate surface area is 511 Å². The molecule has 486 valence electrons. The number of carbonyl (C=O) groups excluding carboxylic acids is 4. The van der Waals surface area contributed by atoms with Crippen LogP contribution in [0.15, 0.2) is 109 Å². The van der Waals surface area contributed by atoms with Crippen LogP contribution < -0.4 is 16.4 Å². The van der Waals surface area contributed by atoms with E-state index < -0.39 is 160 Å². The number of hydrogen-bond acceptors (Lipinski definition) is 21. The molecule has 1 aromatic rings. The first kappa shape index (κ1) is 72.6. The van der Waals surface area contributed by atoms with Crippen LogP contribution in [-0.4, -0.2) is 210 Å². The summed E-state index contributed by atoms with van der Waals surface area (Å²) in [4.78, 5) is 55.6. The van der Waals surface area contributed by atoms with E-state index in [1.807, 2.05) is 26.0 Å². The first-order chi connectivity index (χ1) is 41.4. The maximum absolute atomic E-state index is 14.0. The predicted molar refractivity (Wildman–Crippen MR) is 326 cm³/mol. The number of aliphatic hydroxyl groups is 10. The molecular weight excluding hydrogens is 1120 g/mol. The molecule has 5 rings (SSSR count). The molecule has 22 heteroatoms. The maximum atomic E-state index is 14.0. The lowest BCUT2D eigenvalue weighted by molar-refractivity contribution is -0.307. The van der Waals surface area contributed by atoms with E-state index in [2.05, 4.69) is 15.5 Å². The Hall–Kier alpha value is -5.12. The lowest BCUT2D eigenvalue weighted by Gasteiger charge is -2.46. The highest BCUT2D eigenvalue weighted by Gasteiger charge is 2.51. The van der Waals surface area contributed by atoms with Gasteiger partial charge in [-0.25, -0.2) is 0 Å². The summed E-state index contributed by atoms with van der Waals surface area (Å²) in [6, 6.07) is 5.79. The molecule has 0 aliphatic carbocycles. The number of anilines is 1. The van der Waals surface area contributed by atoms with Crippen LogP contribution in [0.2, 0.25) is 0 Å². The molecule has 0 spiro atoms. The molecule has 19 atom stereocenters. The van der Waals surface area contributed by atoms with E-state index in [1.165, 1.54) is 0 Å². The van der Waals surface area contributed by atoms with E-state index in [4.69, 9.17) is 24.7 Å². The minimum Gasteiger partial charge on any atom is -0.461 e. The smallest absolute Gasteiger partial charge is 0.308 e. The second kappa shape index (κ2) is 37.1. The van der Waals surface area contributed by atoms with Crippen molar-refractivity contribution >= 4 is 29.1 Å². The molecule has 0 saturated carbocycles. The summed E-state index contributed by atoms with van der Waals surface area (Å²) in [5.41, 5.74) is 7.47. The van der Waals surface area contributed by atoms with Crippen molar-refractivity contribution in [1.82, 2.24) is 10.2 Å². The third kappa shape index (κ3) is 25.4. The molecule has 14 N–H and O–H groups in total. The highest BCUT2D eigenvalue weighted by atomic mass is 16.7. The Bertz CT molecular complexity index is 2480. The topological polar surface area (TPSA) is 361 Å². The zero-order valence-electron chi connectivity index (χ0n) is 50.8. The number of nitrogens with one attached hydrogen (secondary N) is 2. The van der Waals surface area contributed by atoms with Crippen molar-refractivity contribution in [3.05, 3.63) is 115 Å². The van der Waals surface area contributed by atoms with Gasteiger partial charge in [-0.05, 0) is 95.1 Å². The molecule has 4 heterocycles. The van der Waals surface area contributed by atoms with Gasteiger partial charge in [0, 0.05) is 75.8 Å². The quantitative estimate of drug-likeness (QED) is 0.0941. The summed E-state index contributed by atoms with van der Waals surface area (Å²) < 4.78 is 24.4. The van der Waals surface area contributed by atoms with Crippen LogP contribution in [0.3, 0.4) is 0 Å². The number of rotatable bonds is 14. The van der Waals surface area contributed by atoms with E-state index in [0.29, 0.717) is 18.5 Å². The number of fused-ring (bicyclic) bond motifs is 2. The van der Waals surface area contributed by atoms with Gasteiger partial charge in [0.05, 0.1) is 85.5 Å². The number of ketones is 2. The molecule has 3 fully saturated rings. The Kier molecular flexibility index (Phi) is 31.0. The van der Waals surface area contributed by atoms with Gasteiger partial charge in [-0.1, -0.05) is 98.9 Å². The van der Waals surface area contributed by atoms with Gasteiger partial charge in [0.15, 0.2) is 17.9 Å². The van der Waals surface area contributed by atoms with Gasteiger partial charge in [-0.15, -0.1) is 0 Å². The molecular formula is C65H98N4O18. The van der Waals surface area contributed by atoms with Gasteiger partial charge in [0.25, 0.3) is 0 Å². The number of Topliss-reactive ketones (excluding diaryl/α,β-unsaturated/α-hetero) is 2. The lowest BCUT2D eigenvalue weighted by Crippen LogP contribution is -2.62. The van der Waals surface area contributed by atoms with E-state index in [-0.39, 0.29) is 56.3 Å². The summed E-state index contributed by atoms with van der Waals surface area (Å²) in [6.45, 7) is 7.91. The minimum absolute atomic E-state index is 0.101. The number of esters is 1. The number of carbonyl (C=O) groups is 4. The first-order valence-corrected chi connectivity index (χ1v) is 30.7. The molecule has 0 radical (unpaired) electrons. The van der Waals surface area contributed by atoms with Gasteiger partial charge in [0.1, 0.15) is 18.0 Å². The number of aliphatic hydroxyl groups excluding tert-OH is 9. The predicted octanol–water partition coefficient (Wildman–Crippen LogP) is 2.87. The highest BCUT2D eigenvalue weighted by molar-refractivity contribution is 5.96. The van der Waals surface area contributed by atoms with Crippen LogP contribution in [-0.2, 0) is 33.3 Å². The SMILES string of the molecule is CNc1ccc(C(=O)CC(O)CCC(C)C2OC(=O)CC(O)CC(=O)CC(O)CC(O)CC(O)CC(O)CC3(O)CC(O)C(C(=O)NCCN4CCCC4)C(CC(O[C@@H]4O[C@H](C)[C@@H](O)[C@H](N)[C@@H]4O)C=CC=CC=CC=CC=CC=CC=CC2C)O3)cc1. The number of cyclic esters (lactones) is 1. The Morgan fingerprint density at radius 3 is 1.93 bits per heavy atom. The molecule has 14 unspecified atom stereocenters. The molecule has 0 aromatic heterocycles. The molecule has 87 heavy (non-hydrogen) atoms. The van der Waals surface area contributed by atoms with Crippen molar-refractivity contribution in [3.8, 4) is 0 Å². The molecule has 4 aliphatic rings. The van der Waals surface area contributed by atoms with Crippen molar-refractivity contribution in [2.24, 2.45) is 23.5 Å². The van der Waals surface area contributed by atoms with E-state index >= 15 is 0 Å². The van der Waals surface area contributed by atoms with Gasteiger partial charge in [-0.2, -0.15) is 0 Å². The van der Waals surface area contributed by atoms with Gasteiger partial charge in [0.2, 0.25) is 5.91 Å². The van der Waals surface area contributed by atoms with Crippen LogP contribution in [0.4, 0.5) is 5.69 Å². The van der Waals surface area contributed by atoms with Crippen molar-refractivity contribution in [2.45, 2.75) is 208 Å². The summed E-state index contributed by atoms with van der Waals surface area (Å²) in [5.74, 6) is -6.39.